The van der Waals surface area contributed by atoms with Gasteiger partial charge in [0.15, 0.2) is 0 Å². The second-order valence-corrected chi connectivity index (χ2v) is 5.59. The summed E-state index contributed by atoms with van der Waals surface area (Å²) in [4.78, 5) is 19.7. The van der Waals surface area contributed by atoms with E-state index in [0.717, 1.165) is 30.8 Å². The maximum atomic E-state index is 11.6. The fraction of sp³-hybridized carbons (Fsp3) is 0.692. The number of carbonyl (C=O) groups is 1. The van der Waals surface area contributed by atoms with Crippen LogP contribution in [0.25, 0.3) is 0 Å². The molecule has 0 radical (unpaired) electrons. The Morgan fingerprint density at radius 1 is 1.58 bits per heavy atom. The monoisotopic (exact) mass is 284 g/mol. The van der Waals surface area contributed by atoms with E-state index in [2.05, 4.69) is 22.5 Å². The molecule has 0 spiro atoms. The number of aliphatic imine (C=N–C) groups is 1. The molecule has 1 saturated heterocycles. The first kappa shape index (κ1) is 16.0. The highest BCUT2D eigenvalue weighted by molar-refractivity contribution is 7.80. The summed E-state index contributed by atoms with van der Waals surface area (Å²) in [5.41, 5.74) is 7.93. The number of likely N-dealkylation sites (N-methyl/N-ethyl adjacent to an activating group) is 1. The lowest BCUT2D eigenvalue weighted by atomic mass is 10.1. The van der Waals surface area contributed by atoms with Crippen molar-refractivity contribution < 1.29 is 4.79 Å². The number of carbonyl (C=O) groups excluding carboxylic acids is 1. The second kappa shape index (κ2) is 7.55. The van der Waals surface area contributed by atoms with E-state index in [-0.39, 0.29) is 11.3 Å². The van der Waals surface area contributed by atoms with Crippen molar-refractivity contribution in [3.05, 3.63) is 11.3 Å². The lowest BCUT2D eigenvalue weighted by Gasteiger charge is -2.32. The Kier molecular flexibility index (Phi) is 6.37. The fourth-order valence-corrected chi connectivity index (χ4v) is 1.95. The molecule has 5 nitrogen and oxygen atoms in total. The number of amides is 1. The third-order valence-electron chi connectivity index (χ3n) is 3.17. The second-order valence-electron chi connectivity index (χ2n) is 4.84. The fourth-order valence-electron chi connectivity index (χ4n) is 1.88. The summed E-state index contributed by atoms with van der Waals surface area (Å²) in [6.45, 7) is 6.63. The predicted molar refractivity (Wildman–Crippen MR) is 82.5 cm³/mol. The molecule has 19 heavy (non-hydrogen) atoms. The Hall–Kier alpha value is -1.01. The minimum absolute atomic E-state index is 0.0282. The minimum Gasteiger partial charge on any atom is -0.401 e. The number of nitrogens with two attached hydrogens (primary N) is 1. The summed E-state index contributed by atoms with van der Waals surface area (Å²) in [5.74, 6) is 0.148. The van der Waals surface area contributed by atoms with Gasteiger partial charge in [-0.05, 0) is 18.9 Å². The number of piperazine rings is 1. The zero-order valence-electron chi connectivity index (χ0n) is 12.0. The molecule has 0 saturated carbocycles. The van der Waals surface area contributed by atoms with Crippen molar-refractivity contribution >= 4 is 24.8 Å². The standard InChI is InChI=1S/C13H24N4OS/c1-4-11(7-15-10(2)19)12(14)8-17-6-5-16(3)13(18)9-17/h7,10,19H,4-6,8-9,14H2,1-3H3/t10-/m0/s1. The predicted octanol–water partition coefficient (Wildman–Crippen LogP) is 0.730. The summed E-state index contributed by atoms with van der Waals surface area (Å²) in [6.07, 6.45) is 2.63. The molecule has 1 aliphatic rings. The van der Waals surface area contributed by atoms with Crippen LogP contribution in [0, 0.1) is 0 Å². The van der Waals surface area contributed by atoms with Crippen molar-refractivity contribution in [3.63, 3.8) is 0 Å². The topological polar surface area (TPSA) is 61.9 Å². The quantitative estimate of drug-likeness (QED) is 0.578. The van der Waals surface area contributed by atoms with Crippen molar-refractivity contribution in [3.8, 4) is 0 Å². The molecule has 1 rings (SSSR count). The van der Waals surface area contributed by atoms with E-state index < -0.39 is 0 Å². The molecule has 1 heterocycles. The molecule has 0 aromatic heterocycles. The maximum absolute atomic E-state index is 11.6. The number of allylic oxidation sites excluding steroid dienone is 1. The average Bonchev–Trinajstić information content (AvgIpc) is 2.34. The molecular weight excluding hydrogens is 260 g/mol. The Bertz CT molecular complexity index is 379. The number of nitrogens with zero attached hydrogens (tertiary/aromatic N) is 3. The number of thiol groups is 1. The molecular formula is C13H24N4OS. The number of hydrogen-bond acceptors (Lipinski definition) is 5. The number of rotatable bonds is 5. The van der Waals surface area contributed by atoms with Gasteiger partial charge in [0.05, 0.1) is 11.9 Å². The van der Waals surface area contributed by atoms with Crippen LogP contribution < -0.4 is 5.73 Å². The SMILES string of the molecule is CCC(C=N[C@H](C)S)=C(N)CN1CCN(C)C(=O)C1. The van der Waals surface area contributed by atoms with Crippen LogP contribution >= 0.6 is 12.6 Å². The maximum Gasteiger partial charge on any atom is 0.236 e. The summed E-state index contributed by atoms with van der Waals surface area (Å²) in [6, 6.07) is 0. The van der Waals surface area contributed by atoms with E-state index in [1.807, 2.05) is 20.9 Å². The van der Waals surface area contributed by atoms with Crippen LogP contribution in [-0.2, 0) is 4.79 Å². The van der Waals surface area contributed by atoms with Gasteiger partial charge in [0.2, 0.25) is 5.91 Å². The van der Waals surface area contributed by atoms with Gasteiger partial charge in [-0.15, -0.1) is 0 Å². The molecule has 0 aliphatic carbocycles. The van der Waals surface area contributed by atoms with Crippen LogP contribution in [0.2, 0.25) is 0 Å². The van der Waals surface area contributed by atoms with E-state index in [9.17, 15) is 4.79 Å². The molecule has 2 N–H and O–H groups in total. The smallest absolute Gasteiger partial charge is 0.236 e. The average molecular weight is 284 g/mol. The lowest BCUT2D eigenvalue weighted by Crippen LogP contribution is -2.49. The van der Waals surface area contributed by atoms with E-state index >= 15 is 0 Å². The van der Waals surface area contributed by atoms with Crippen LogP contribution in [0.15, 0.2) is 16.3 Å². The molecule has 1 atom stereocenters. The molecule has 1 fully saturated rings. The van der Waals surface area contributed by atoms with Gasteiger partial charge in [-0.25, -0.2) is 0 Å². The molecule has 0 aromatic rings. The van der Waals surface area contributed by atoms with Crippen molar-refractivity contribution in [2.75, 3.05) is 33.2 Å². The van der Waals surface area contributed by atoms with E-state index in [0.29, 0.717) is 13.1 Å². The van der Waals surface area contributed by atoms with Crippen molar-refractivity contribution in [2.24, 2.45) is 10.7 Å². The van der Waals surface area contributed by atoms with Crippen LogP contribution in [0.1, 0.15) is 20.3 Å². The van der Waals surface area contributed by atoms with Crippen LogP contribution in [0.4, 0.5) is 0 Å². The van der Waals surface area contributed by atoms with Gasteiger partial charge in [0, 0.05) is 38.6 Å². The first-order valence-electron chi connectivity index (χ1n) is 6.59. The van der Waals surface area contributed by atoms with Gasteiger partial charge in [0.25, 0.3) is 0 Å². The first-order valence-corrected chi connectivity index (χ1v) is 7.10. The molecule has 0 unspecified atom stereocenters. The van der Waals surface area contributed by atoms with Gasteiger partial charge in [-0.1, -0.05) is 6.92 Å². The molecule has 1 aliphatic heterocycles. The highest BCUT2D eigenvalue weighted by atomic mass is 32.1. The number of hydrogen-bond donors (Lipinski definition) is 2. The molecule has 1 amide bonds. The molecule has 0 aromatic carbocycles. The highest BCUT2D eigenvalue weighted by Crippen LogP contribution is 2.08. The third kappa shape index (κ3) is 5.24. The molecule has 108 valence electrons. The third-order valence-corrected chi connectivity index (χ3v) is 3.30. The summed E-state index contributed by atoms with van der Waals surface area (Å²) < 4.78 is 0. The van der Waals surface area contributed by atoms with Crippen LogP contribution in [-0.4, -0.2) is 60.5 Å². The van der Waals surface area contributed by atoms with Crippen molar-refractivity contribution in [1.82, 2.24) is 9.80 Å². The molecule has 0 bridgehead atoms. The van der Waals surface area contributed by atoms with Gasteiger partial charge in [-0.2, -0.15) is 12.6 Å². The van der Waals surface area contributed by atoms with Gasteiger partial charge in [-0.3, -0.25) is 14.7 Å². The van der Waals surface area contributed by atoms with Gasteiger partial charge in [0.1, 0.15) is 0 Å². The Balaban J connectivity index is 2.65. The Morgan fingerprint density at radius 3 is 2.79 bits per heavy atom. The Morgan fingerprint density at radius 2 is 2.26 bits per heavy atom. The lowest BCUT2D eigenvalue weighted by molar-refractivity contribution is -0.134. The molecule has 6 heteroatoms. The van der Waals surface area contributed by atoms with E-state index in [1.54, 1.807) is 11.1 Å². The summed E-state index contributed by atoms with van der Waals surface area (Å²) >= 11 is 4.21. The van der Waals surface area contributed by atoms with Gasteiger partial charge < -0.3 is 10.6 Å². The normalized spacial score (nSPS) is 20.8. The van der Waals surface area contributed by atoms with Crippen molar-refractivity contribution in [2.45, 2.75) is 25.6 Å². The highest BCUT2D eigenvalue weighted by Gasteiger charge is 2.21. The Labute approximate surface area is 120 Å². The first-order chi connectivity index (χ1) is 8.93. The largest absolute Gasteiger partial charge is 0.401 e. The van der Waals surface area contributed by atoms with E-state index in [4.69, 9.17) is 5.73 Å². The summed E-state index contributed by atoms with van der Waals surface area (Å²) in [5, 5.41) is -0.0282. The zero-order valence-corrected chi connectivity index (χ0v) is 12.9. The minimum atomic E-state index is -0.0282. The van der Waals surface area contributed by atoms with E-state index in [1.165, 1.54) is 0 Å². The van der Waals surface area contributed by atoms with Crippen molar-refractivity contribution in [1.29, 1.82) is 0 Å². The van der Waals surface area contributed by atoms with Gasteiger partial charge >= 0.3 is 0 Å². The zero-order chi connectivity index (χ0) is 14.4. The van der Waals surface area contributed by atoms with Crippen LogP contribution in [0.5, 0.6) is 0 Å². The summed E-state index contributed by atoms with van der Waals surface area (Å²) in [7, 11) is 1.83. The van der Waals surface area contributed by atoms with Crippen LogP contribution in [0.3, 0.4) is 0 Å².